The molecule has 0 aromatic heterocycles. The maximum atomic E-state index is 13.3. The molecule has 0 bridgehead atoms. The van der Waals surface area contributed by atoms with E-state index >= 15 is 0 Å². The van der Waals surface area contributed by atoms with Gasteiger partial charge in [-0.1, -0.05) is 6.07 Å². The molecular formula is C14H13FN2. The predicted octanol–water partition coefficient (Wildman–Crippen LogP) is 3.10. The maximum absolute atomic E-state index is 13.3. The van der Waals surface area contributed by atoms with Crippen LogP contribution in [0, 0.1) is 5.82 Å². The van der Waals surface area contributed by atoms with Crippen molar-refractivity contribution in [2.75, 3.05) is 17.2 Å². The number of rotatable bonds is 1. The van der Waals surface area contributed by atoms with Crippen LogP contribution in [0.2, 0.25) is 0 Å². The number of fused-ring (bicyclic) bond motifs is 1. The number of anilines is 3. The highest BCUT2D eigenvalue weighted by atomic mass is 19.1. The molecule has 2 aromatic rings. The Balaban J connectivity index is 2.03. The molecule has 1 aliphatic heterocycles. The molecule has 1 heterocycles. The molecule has 17 heavy (non-hydrogen) atoms. The molecule has 1 aliphatic rings. The van der Waals surface area contributed by atoms with Gasteiger partial charge in [-0.3, -0.25) is 0 Å². The molecule has 0 atom stereocenters. The third-order valence-electron chi connectivity index (χ3n) is 3.15. The van der Waals surface area contributed by atoms with Crippen molar-refractivity contribution in [2.24, 2.45) is 0 Å². The van der Waals surface area contributed by atoms with E-state index in [0.29, 0.717) is 0 Å². The summed E-state index contributed by atoms with van der Waals surface area (Å²) in [6.45, 7) is 0.892. The Morgan fingerprint density at radius 1 is 1.06 bits per heavy atom. The molecule has 0 saturated heterocycles. The van der Waals surface area contributed by atoms with Gasteiger partial charge in [0.2, 0.25) is 0 Å². The molecule has 2 N–H and O–H groups in total. The van der Waals surface area contributed by atoms with E-state index in [-0.39, 0.29) is 5.82 Å². The van der Waals surface area contributed by atoms with Gasteiger partial charge < -0.3 is 10.6 Å². The zero-order valence-corrected chi connectivity index (χ0v) is 9.36. The lowest BCUT2D eigenvalue weighted by Crippen LogP contribution is -2.13. The maximum Gasteiger partial charge on any atom is 0.125 e. The number of nitrogen functional groups attached to an aromatic ring is 1. The molecule has 0 unspecified atom stereocenters. The van der Waals surface area contributed by atoms with Crippen molar-refractivity contribution in [2.45, 2.75) is 6.42 Å². The summed E-state index contributed by atoms with van der Waals surface area (Å²) in [7, 11) is 0. The first-order chi connectivity index (χ1) is 8.24. The van der Waals surface area contributed by atoms with Crippen LogP contribution >= 0.6 is 0 Å². The van der Waals surface area contributed by atoms with Gasteiger partial charge >= 0.3 is 0 Å². The van der Waals surface area contributed by atoms with Gasteiger partial charge in [-0.15, -0.1) is 0 Å². The lowest BCUT2D eigenvalue weighted by molar-refractivity contribution is 0.628. The van der Waals surface area contributed by atoms with Crippen molar-refractivity contribution in [1.29, 1.82) is 0 Å². The van der Waals surface area contributed by atoms with Crippen LogP contribution in [0.25, 0.3) is 0 Å². The average Bonchev–Trinajstić information content (AvgIpc) is 2.73. The Bertz CT molecular complexity index is 549. The van der Waals surface area contributed by atoms with Crippen LogP contribution < -0.4 is 10.6 Å². The van der Waals surface area contributed by atoms with Crippen LogP contribution in [0.4, 0.5) is 21.5 Å². The van der Waals surface area contributed by atoms with E-state index in [9.17, 15) is 4.39 Å². The number of hydrogen-bond acceptors (Lipinski definition) is 2. The zero-order chi connectivity index (χ0) is 11.8. The first kappa shape index (κ1) is 10.1. The molecular weight excluding hydrogens is 215 g/mol. The quantitative estimate of drug-likeness (QED) is 0.760. The van der Waals surface area contributed by atoms with E-state index in [1.807, 2.05) is 30.3 Å². The van der Waals surface area contributed by atoms with Crippen LogP contribution in [0.1, 0.15) is 5.56 Å². The van der Waals surface area contributed by atoms with E-state index < -0.39 is 0 Å². The number of benzene rings is 2. The largest absolute Gasteiger partial charge is 0.399 e. The number of halogens is 1. The van der Waals surface area contributed by atoms with Gasteiger partial charge in [0.05, 0.1) is 0 Å². The number of nitrogens with two attached hydrogens (primary N) is 1. The summed E-state index contributed by atoms with van der Waals surface area (Å²) in [6, 6.07) is 12.6. The normalized spacial score (nSPS) is 13.8. The minimum Gasteiger partial charge on any atom is -0.399 e. The van der Waals surface area contributed by atoms with Crippen molar-refractivity contribution in [3.05, 3.63) is 53.8 Å². The molecule has 3 rings (SSSR count). The summed E-state index contributed by atoms with van der Waals surface area (Å²) in [5.41, 5.74) is 9.63. The van der Waals surface area contributed by atoms with E-state index in [1.54, 1.807) is 6.07 Å². The van der Waals surface area contributed by atoms with Crippen molar-refractivity contribution in [3.8, 4) is 0 Å². The van der Waals surface area contributed by atoms with Crippen LogP contribution in [-0.4, -0.2) is 6.54 Å². The Hall–Kier alpha value is -2.03. The monoisotopic (exact) mass is 228 g/mol. The van der Waals surface area contributed by atoms with E-state index in [2.05, 4.69) is 4.90 Å². The first-order valence-electron chi connectivity index (χ1n) is 5.65. The molecule has 0 aliphatic carbocycles. The molecule has 0 amide bonds. The van der Waals surface area contributed by atoms with Gasteiger partial charge in [-0.2, -0.15) is 0 Å². The second kappa shape index (κ2) is 3.77. The lowest BCUT2D eigenvalue weighted by atomic mass is 10.1. The standard InChI is InChI=1S/C14H13FN2/c15-11-2-1-10-7-8-17(14(10)9-11)13-5-3-12(16)4-6-13/h1-6,9H,7-8,16H2. The summed E-state index contributed by atoms with van der Waals surface area (Å²) < 4.78 is 13.3. The number of nitrogens with zero attached hydrogens (tertiary/aromatic N) is 1. The van der Waals surface area contributed by atoms with Gasteiger partial charge in [0.1, 0.15) is 5.82 Å². The Morgan fingerprint density at radius 2 is 1.82 bits per heavy atom. The Kier molecular flexibility index (Phi) is 2.25. The third-order valence-corrected chi connectivity index (χ3v) is 3.15. The molecule has 0 spiro atoms. The predicted molar refractivity (Wildman–Crippen MR) is 68.0 cm³/mol. The van der Waals surface area contributed by atoms with Gasteiger partial charge in [0.15, 0.2) is 0 Å². The van der Waals surface area contributed by atoms with E-state index in [0.717, 1.165) is 30.0 Å². The SMILES string of the molecule is Nc1ccc(N2CCc3ccc(F)cc32)cc1. The summed E-state index contributed by atoms with van der Waals surface area (Å²) >= 11 is 0. The molecule has 0 saturated carbocycles. The molecule has 2 aromatic carbocycles. The smallest absolute Gasteiger partial charge is 0.125 e. The summed E-state index contributed by atoms with van der Waals surface area (Å²) in [6.07, 6.45) is 0.958. The third kappa shape index (κ3) is 1.73. The van der Waals surface area contributed by atoms with E-state index in [4.69, 9.17) is 5.73 Å². The highest BCUT2D eigenvalue weighted by Crippen LogP contribution is 2.35. The first-order valence-corrected chi connectivity index (χ1v) is 5.65. The summed E-state index contributed by atoms with van der Waals surface area (Å²) in [5.74, 6) is -0.189. The summed E-state index contributed by atoms with van der Waals surface area (Å²) in [5, 5.41) is 0. The second-order valence-electron chi connectivity index (χ2n) is 4.27. The second-order valence-corrected chi connectivity index (χ2v) is 4.27. The van der Waals surface area contributed by atoms with Crippen LogP contribution in [0.3, 0.4) is 0 Å². The van der Waals surface area contributed by atoms with Gasteiger partial charge in [-0.05, 0) is 48.4 Å². The van der Waals surface area contributed by atoms with Crippen molar-refractivity contribution >= 4 is 17.1 Å². The minimum atomic E-state index is -0.189. The molecule has 86 valence electrons. The fraction of sp³-hybridized carbons (Fsp3) is 0.143. The Morgan fingerprint density at radius 3 is 2.59 bits per heavy atom. The minimum absolute atomic E-state index is 0.189. The highest BCUT2D eigenvalue weighted by molar-refractivity contribution is 5.70. The van der Waals surface area contributed by atoms with Gasteiger partial charge in [0.25, 0.3) is 0 Å². The lowest BCUT2D eigenvalue weighted by Gasteiger charge is -2.19. The van der Waals surface area contributed by atoms with Crippen molar-refractivity contribution in [1.82, 2.24) is 0 Å². The topological polar surface area (TPSA) is 29.3 Å². The molecule has 2 nitrogen and oxygen atoms in total. The van der Waals surface area contributed by atoms with Gasteiger partial charge in [0, 0.05) is 23.6 Å². The summed E-state index contributed by atoms with van der Waals surface area (Å²) in [4.78, 5) is 2.12. The average molecular weight is 228 g/mol. The fourth-order valence-corrected chi connectivity index (χ4v) is 2.27. The molecule has 3 heteroatoms. The Labute approximate surface area is 99.5 Å². The zero-order valence-electron chi connectivity index (χ0n) is 9.36. The van der Waals surface area contributed by atoms with Crippen LogP contribution in [-0.2, 0) is 6.42 Å². The van der Waals surface area contributed by atoms with E-state index in [1.165, 1.54) is 11.6 Å². The van der Waals surface area contributed by atoms with Crippen LogP contribution in [0.5, 0.6) is 0 Å². The molecule has 0 fully saturated rings. The van der Waals surface area contributed by atoms with Crippen molar-refractivity contribution < 1.29 is 4.39 Å². The fourth-order valence-electron chi connectivity index (χ4n) is 2.27. The van der Waals surface area contributed by atoms with Gasteiger partial charge in [-0.25, -0.2) is 4.39 Å². The highest BCUT2D eigenvalue weighted by Gasteiger charge is 2.20. The number of hydrogen-bond donors (Lipinski definition) is 1. The van der Waals surface area contributed by atoms with Crippen molar-refractivity contribution in [3.63, 3.8) is 0 Å². The molecule has 0 radical (unpaired) electrons. The van der Waals surface area contributed by atoms with Crippen LogP contribution in [0.15, 0.2) is 42.5 Å².